The van der Waals surface area contributed by atoms with Crippen LogP contribution in [0.5, 0.6) is 0 Å². The molecule has 0 aromatic rings. The van der Waals surface area contributed by atoms with Gasteiger partial charge in [-0.1, -0.05) is 13.3 Å². The lowest BCUT2D eigenvalue weighted by molar-refractivity contribution is -0.107. The average Bonchev–Trinajstić information content (AvgIpc) is 2.01. The molecule has 5 heteroatoms. The molecule has 0 fully saturated rings. The summed E-state index contributed by atoms with van der Waals surface area (Å²) >= 11 is 0. The molecule has 0 aromatic carbocycles. The van der Waals surface area contributed by atoms with Gasteiger partial charge in [-0.15, -0.1) is 0 Å². The minimum atomic E-state index is -3.75. The first-order valence-electron chi connectivity index (χ1n) is 3.67. The summed E-state index contributed by atoms with van der Waals surface area (Å²) in [5.41, 5.74) is 0. The minimum absolute atomic E-state index is 0.0342. The molecule has 0 saturated heterocycles. The Bertz CT molecular complexity index is 125. The normalized spacial score (nSPS) is 17.5. The third kappa shape index (κ3) is 2.95. The van der Waals surface area contributed by atoms with Crippen molar-refractivity contribution in [2.24, 2.45) is 0 Å². The first-order valence-corrected chi connectivity index (χ1v) is 3.67. The molecule has 1 unspecified atom stereocenters. The quantitative estimate of drug-likeness (QED) is 0.584. The van der Waals surface area contributed by atoms with Crippen LogP contribution in [0.4, 0.5) is 22.0 Å². The van der Waals surface area contributed by atoms with Crippen LogP contribution in [0.3, 0.4) is 0 Å². The van der Waals surface area contributed by atoms with Crippen molar-refractivity contribution in [2.45, 2.75) is 38.0 Å². The van der Waals surface area contributed by atoms with Gasteiger partial charge in [0.1, 0.15) is 6.67 Å². The van der Waals surface area contributed by atoms with E-state index in [9.17, 15) is 22.0 Å². The maximum atomic E-state index is 12.5. The van der Waals surface area contributed by atoms with Crippen molar-refractivity contribution in [3.05, 3.63) is 0 Å². The van der Waals surface area contributed by atoms with Crippen LogP contribution in [-0.2, 0) is 0 Å². The van der Waals surface area contributed by atoms with Gasteiger partial charge in [0, 0.05) is 6.42 Å². The highest BCUT2D eigenvalue weighted by atomic mass is 19.3. The van der Waals surface area contributed by atoms with Crippen molar-refractivity contribution in [1.82, 2.24) is 0 Å². The average molecular weight is 190 g/mol. The molecule has 0 amide bonds. The molecule has 0 spiro atoms. The minimum Gasteiger partial charge on any atom is -0.248 e. The fourth-order valence-corrected chi connectivity index (χ4v) is 0.814. The summed E-state index contributed by atoms with van der Waals surface area (Å²) in [4.78, 5) is 0. The van der Waals surface area contributed by atoms with Gasteiger partial charge in [0.15, 0.2) is 12.3 Å². The number of rotatable bonds is 5. The summed E-state index contributed by atoms with van der Waals surface area (Å²) < 4.78 is 60.9. The summed E-state index contributed by atoms with van der Waals surface area (Å²) in [7, 11) is 0. The number of hydrogen-bond acceptors (Lipinski definition) is 0. The molecule has 0 heterocycles. The number of halogens is 5. The number of hydrogen-bond donors (Lipinski definition) is 0. The molecule has 0 aromatic heterocycles. The lowest BCUT2D eigenvalue weighted by Crippen LogP contribution is -2.38. The van der Waals surface area contributed by atoms with Crippen LogP contribution in [0.2, 0.25) is 0 Å². The van der Waals surface area contributed by atoms with Crippen LogP contribution < -0.4 is 0 Å². The molecule has 0 N–H and O–H groups in total. The Labute approximate surface area is 67.8 Å². The van der Waals surface area contributed by atoms with Gasteiger partial charge in [-0.2, -0.15) is 0 Å². The molecule has 0 radical (unpaired) electrons. The SMILES string of the molecule is CCCC(F)(F)[C@@H](F)C(F)CF. The van der Waals surface area contributed by atoms with Gasteiger partial charge in [-0.3, -0.25) is 0 Å². The summed E-state index contributed by atoms with van der Waals surface area (Å²) in [6.45, 7) is -0.288. The third-order valence-corrected chi connectivity index (χ3v) is 1.45. The van der Waals surface area contributed by atoms with E-state index in [0.29, 0.717) is 0 Å². The highest BCUT2D eigenvalue weighted by Gasteiger charge is 2.44. The molecule has 0 saturated carbocycles. The first-order chi connectivity index (χ1) is 5.45. The van der Waals surface area contributed by atoms with Crippen LogP contribution in [-0.4, -0.2) is 24.9 Å². The Balaban J connectivity index is 4.13. The van der Waals surface area contributed by atoms with E-state index in [1.165, 1.54) is 6.92 Å². The van der Waals surface area contributed by atoms with E-state index in [2.05, 4.69) is 0 Å². The lowest BCUT2D eigenvalue weighted by Gasteiger charge is -2.21. The summed E-state index contributed by atoms with van der Waals surface area (Å²) in [6, 6.07) is 0. The first kappa shape index (κ1) is 11.6. The zero-order valence-electron chi connectivity index (χ0n) is 6.67. The zero-order valence-corrected chi connectivity index (χ0v) is 6.67. The van der Waals surface area contributed by atoms with Gasteiger partial charge in [0.25, 0.3) is 5.92 Å². The third-order valence-electron chi connectivity index (χ3n) is 1.45. The van der Waals surface area contributed by atoms with Crippen molar-refractivity contribution in [3.8, 4) is 0 Å². The van der Waals surface area contributed by atoms with E-state index in [0.717, 1.165) is 0 Å². The Morgan fingerprint density at radius 1 is 1.25 bits per heavy atom. The molecular weight excluding hydrogens is 179 g/mol. The van der Waals surface area contributed by atoms with E-state index >= 15 is 0 Å². The van der Waals surface area contributed by atoms with Crippen molar-refractivity contribution in [1.29, 1.82) is 0 Å². The second-order valence-electron chi connectivity index (χ2n) is 2.58. The van der Waals surface area contributed by atoms with Gasteiger partial charge in [-0.05, 0) is 0 Å². The highest BCUT2D eigenvalue weighted by molar-refractivity contribution is 4.82. The van der Waals surface area contributed by atoms with E-state index in [4.69, 9.17) is 0 Å². The largest absolute Gasteiger partial charge is 0.281 e. The monoisotopic (exact) mass is 190 g/mol. The van der Waals surface area contributed by atoms with E-state index in [-0.39, 0.29) is 6.42 Å². The molecule has 0 aliphatic rings. The van der Waals surface area contributed by atoms with E-state index in [1.807, 2.05) is 0 Å². The van der Waals surface area contributed by atoms with Gasteiger partial charge in [0.05, 0.1) is 0 Å². The predicted octanol–water partition coefficient (Wildman–Crippen LogP) is 3.07. The Morgan fingerprint density at radius 3 is 2.08 bits per heavy atom. The molecule has 0 rings (SSSR count). The summed E-state index contributed by atoms with van der Waals surface area (Å²) in [5, 5.41) is 0. The van der Waals surface area contributed by atoms with Crippen molar-refractivity contribution in [3.63, 3.8) is 0 Å². The van der Waals surface area contributed by atoms with Crippen molar-refractivity contribution >= 4 is 0 Å². The topological polar surface area (TPSA) is 0 Å². The molecule has 0 aliphatic carbocycles. The van der Waals surface area contributed by atoms with E-state index < -0.39 is 31.4 Å². The van der Waals surface area contributed by atoms with Crippen LogP contribution in [0.15, 0.2) is 0 Å². The van der Waals surface area contributed by atoms with Crippen LogP contribution in [0.25, 0.3) is 0 Å². The number of alkyl halides is 5. The molecular formula is C7H11F5. The maximum absolute atomic E-state index is 12.5. The maximum Gasteiger partial charge on any atom is 0.281 e. The predicted molar refractivity (Wildman–Crippen MR) is 35.6 cm³/mol. The second-order valence-corrected chi connectivity index (χ2v) is 2.58. The molecule has 2 atom stereocenters. The fourth-order valence-electron chi connectivity index (χ4n) is 0.814. The second kappa shape index (κ2) is 4.62. The van der Waals surface area contributed by atoms with Crippen molar-refractivity contribution < 1.29 is 22.0 Å². The van der Waals surface area contributed by atoms with Gasteiger partial charge < -0.3 is 0 Å². The summed E-state index contributed by atoms with van der Waals surface area (Å²) in [5.74, 6) is -3.75. The molecule has 74 valence electrons. The lowest BCUT2D eigenvalue weighted by atomic mass is 10.1. The van der Waals surface area contributed by atoms with Gasteiger partial charge in [-0.25, -0.2) is 22.0 Å². The van der Waals surface area contributed by atoms with Crippen molar-refractivity contribution in [2.75, 3.05) is 6.67 Å². The van der Waals surface area contributed by atoms with Crippen LogP contribution in [0, 0.1) is 0 Å². The standard InChI is InChI=1S/C7H11F5/c1-2-3-7(11,12)6(10)5(9)4-8/h5-6H,2-4H2,1H3/t5?,6-/m0/s1. The molecule has 12 heavy (non-hydrogen) atoms. The van der Waals surface area contributed by atoms with E-state index in [1.54, 1.807) is 0 Å². The molecule has 0 nitrogen and oxygen atoms in total. The Morgan fingerprint density at radius 2 is 1.75 bits per heavy atom. The Hall–Kier alpha value is -0.350. The smallest absolute Gasteiger partial charge is 0.248 e. The Kier molecular flexibility index (Phi) is 4.49. The molecule has 0 aliphatic heterocycles. The summed E-state index contributed by atoms with van der Waals surface area (Å²) in [6.07, 6.45) is -6.46. The van der Waals surface area contributed by atoms with Gasteiger partial charge >= 0.3 is 0 Å². The van der Waals surface area contributed by atoms with Crippen LogP contribution >= 0.6 is 0 Å². The van der Waals surface area contributed by atoms with Gasteiger partial charge in [0.2, 0.25) is 0 Å². The molecule has 0 bridgehead atoms. The fraction of sp³-hybridized carbons (Fsp3) is 1.00. The zero-order chi connectivity index (χ0) is 9.78. The van der Waals surface area contributed by atoms with Crippen LogP contribution in [0.1, 0.15) is 19.8 Å². The highest BCUT2D eigenvalue weighted by Crippen LogP contribution is 2.30.